The molecular weight excluding hydrogens is 230 g/mol. The van der Waals surface area contributed by atoms with E-state index in [1.807, 2.05) is 13.0 Å². The van der Waals surface area contributed by atoms with Crippen LogP contribution in [0.3, 0.4) is 0 Å². The molecule has 1 aromatic carbocycles. The highest BCUT2D eigenvalue weighted by Crippen LogP contribution is 2.35. The van der Waals surface area contributed by atoms with Crippen molar-refractivity contribution >= 4 is 11.7 Å². The van der Waals surface area contributed by atoms with Crippen molar-refractivity contribution < 1.29 is 14.6 Å². The van der Waals surface area contributed by atoms with Crippen molar-refractivity contribution in [1.82, 2.24) is 0 Å². The third-order valence-corrected chi connectivity index (χ3v) is 3.44. The van der Waals surface area contributed by atoms with Gasteiger partial charge in [-0.3, -0.25) is 0 Å². The van der Waals surface area contributed by atoms with Crippen LogP contribution in [0.25, 0.3) is 0 Å². The first-order chi connectivity index (χ1) is 8.63. The van der Waals surface area contributed by atoms with Crippen molar-refractivity contribution in [2.24, 2.45) is 5.92 Å². The van der Waals surface area contributed by atoms with E-state index in [9.17, 15) is 4.79 Å². The molecule has 0 amide bonds. The van der Waals surface area contributed by atoms with Gasteiger partial charge in [-0.1, -0.05) is 6.07 Å². The summed E-state index contributed by atoms with van der Waals surface area (Å²) < 4.78 is 5.22. The summed E-state index contributed by atoms with van der Waals surface area (Å²) in [4.78, 5) is 11.1. The van der Waals surface area contributed by atoms with Crippen molar-refractivity contribution in [2.45, 2.75) is 25.8 Å². The second-order valence-electron chi connectivity index (χ2n) is 4.83. The van der Waals surface area contributed by atoms with Crippen molar-refractivity contribution in [1.29, 1.82) is 0 Å². The molecule has 4 nitrogen and oxygen atoms in total. The normalized spacial score (nSPS) is 16.3. The zero-order chi connectivity index (χ0) is 13.1. The van der Waals surface area contributed by atoms with Gasteiger partial charge in [-0.15, -0.1) is 0 Å². The first-order valence-electron chi connectivity index (χ1n) is 6.22. The SMILES string of the molecule is COCC(Nc1cccc(C(=O)O)c1C)C1CC1. The molecule has 0 bridgehead atoms. The molecule has 1 aliphatic carbocycles. The Morgan fingerprint density at radius 3 is 2.83 bits per heavy atom. The van der Waals surface area contributed by atoms with Gasteiger partial charge in [0, 0.05) is 12.8 Å². The highest BCUT2D eigenvalue weighted by atomic mass is 16.5. The van der Waals surface area contributed by atoms with E-state index in [0.717, 1.165) is 11.3 Å². The van der Waals surface area contributed by atoms with E-state index in [-0.39, 0.29) is 6.04 Å². The van der Waals surface area contributed by atoms with Crippen molar-refractivity contribution in [3.05, 3.63) is 29.3 Å². The van der Waals surface area contributed by atoms with E-state index >= 15 is 0 Å². The minimum absolute atomic E-state index is 0.276. The fourth-order valence-electron chi connectivity index (χ4n) is 2.20. The van der Waals surface area contributed by atoms with Gasteiger partial charge in [0.2, 0.25) is 0 Å². The fraction of sp³-hybridized carbons (Fsp3) is 0.500. The number of rotatable bonds is 6. The van der Waals surface area contributed by atoms with E-state index in [2.05, 4.69) is 5.32 Å². The number of ether oxygens (including phenoxy) is 1. The Morgan fingerprint density at radius 1 is 1.56 bits per heavy atom. The fourth-order valence-corrected chi connectivity index (χ4v) is 2.20. The molecule has 0 saturated heterocycles. The number of hydrogen-bond acceptors (Lipinski definition) is 3. The number of hydrogen-bond donors (Lipinski definition) is 2. The maximum Gasteiger partial charge on any atom is 0.336 e. The van der Waals surface area contributed by atoms with Crippen molar-refractivity contribution in [3.8, 4) is 0 Å². The van der Waals surface area contributed by atoms with Gasteiger partial charge in [-0.05, 0) is 43.4 Å². The van der Waals surface area contributed by atoms with Crippen LogP contribution in [-0.2, 0) is 4.74 Å². The lowest BCUT2D eigenvalue weighted by atomic mass is 10.1. The lowest BCUT2D eigenvalue weighted by Crippen LogP contribution is -2.27. The van der Waals surface area contributed by atoms with Crippen LogP contribution in [0.2, 0.25) is 0 Å². The number of anilines is 1. The van der Waals surface area contributed by atoms with Crippen molar-refractivity contribution in [2.75, 3.05) is 19.0 Å². The Hall–Kier alpha value is -1.55. The van der Waals surface area contributed by atoms with Crippen LogP contribution in [0.4, 0.5) is 5.69 Å². The molecule has 4 heteroatoms. The molecule has 1 aliphatic rings. The Kier molecular flexibility index (Phi) is 3.87. The number of carboxylic acids is 1. The van der Waals surface area contributed by atoms with E-state index in [0.29, 0.717) is 18.1 Å². The summed E-state index contributed by atoms with van der Waals surface area (Å²) in [7, 11) is 1.69. The number of benzene rings is 1. The van der Waals surface area contributed by atoms with Crippen LogP contribution in [0.1, 0.15) is 28.8 Å². The number of nitrogens with one attached hydrogen (secondary N) is 1. The molecule has 18 heavy (non-hydrogen) atoms. The monoisotopic (exact) mass is 249 g/mol. The van der Waals surface area contributed by atoms with Gasteiger partial charge < -0.3 is 15.2 Å². The Morgan fingerprint density at radius 2 is 2.28 bits per heavy atom. The molecular formula is C14H19NO3. The topological polar surface area (TPSA) is 58.6 Å². The number of methoxy groups -OCH3 is 1. The third kappa shape index (κ3) is 2.82. The summed E-state index contributed by atoms with van der Waals surface area (Å²) in [5.74, 6) is -0.233. The zero-order valence-electron chi connectivity index (χ0n) is 10.8. The van der Waals surface area contributed by atoms with Gasteiger partial charge >= 0.3 is 5.97 Å². The zero-order valence-corrected chi connectivity index (χ0v) is 10.8. The molecule has 0 aromatic heterocycles. The predicted octanol–water partition coefficient (Wildman–Crippen LogP) is 2.53. The quantitative estimate of drug-likeness (QED) is 0.813. The van der Waals surface area contributed by atoms with Gasteiger partial charge in [0.25, 0.3) is 0 Å². The largest absolute Gasteiger partial charge is 0.478 e. The molecule has 0 radical (unpaired) electrons. The number of carbonyl (C=O) groups is 1. The minimum atomic E-state index is -0.883. The van der Waals surface area contributed by atoms with Crippen LogP contribution in [-0.4, -0.2) is 30.8 Å². The predicted molar refractivity (Wildman–Crippen MR) is 70.1 cm³/mol. The molecule has 1 fully saturated rings. The van der Waals surface area contributed by atoms with Crippen LogP contribution >= 0.6 is 0 Å². The Balaban J connectivity index is 2.17. The summed E-state index contributed by atoms with van der Waals surface area (Å²) in [5, 5.41) is 12.5. The first kappa shape index (κ1) is 12.9. The maximum atomic E-state index is 11.1. The average Bonchev–Trinajstić information content (AvgIpc) is 3.14. The molecule has 1 saturated carbocycles. The van der Waals surface area contributed by atoms with Crippen LogP contribution in [0.15, 0.2) is 18.2 Å². The Bertz CT molecular complexity index is 441. The molecule has 1 aromatic rings. The van der Waals surface area contributed by atoms with Gasteiger partial charge in [-0.25, -0.2) is 4.79 Å². The molecule has 1 unspecified atom stereocenters. The highest BCUT2D eigenvalue weighted by molar-refractivity contribution is 5.91. The highest BCUT2D eigenvalue weighted by Gasteiger charge is 2.31. The first-order valence-corrected chi connectivity index (χ1v) is 6.22. The van der Waals surface area contributed by atoms with E-state index < -0.39 is 5.97 Å². The third-order valence-electron chi connectivity index (χ3n) is 3.44. The van der Waals surface area contributed by atoms with E-state index in [4.69, 9.17) is 9.84 Å². The minimum Gasteiger partial charge on any atom is -0.478 e. The molecule has 0 aliphatic heterocycles. The van der Waals surface area contributed by atoms with Crippen LogP contribution < -0.4 is 5.32 Å². The van der Waals surface area contributed by atoms with Crippen molar-refractivity contribution in [3.63, 3.8) is 0 Å². The van der Waals surface area contributed by atoms with Gasteiger partial charge in [0.05, 0.1) is 18.2 Å². The summed E-state index contributed by atoms with van der Waals surface area (Å²) in [6.07, 6.45) is 2.44. The molecule has 2 rings (SSSR count). The van der Waals surface area contributed by atoms with E-state index in [1.165, 1.54) is 12.8 Å². The number of carboxylic acid groups (broad SMARTS) is 1. The molecule has 1 atom stereocenters. The van der Waals surface area contributed by atoms with Gasteiger partial charge in [-0.2, -0.15) is 0 Å². The maximum absolute atomic E-state index is 11.1. The molecule has 0 spiro atoms. The van der Waals surface area contributed by atoms with Gasteiger partial charge in [0.1, 0.15) is 0 Å². The lowest BCUT2D eigenvalue weighted by Gasteiger charge is -2.20. The summed E-state index contributed by atoms with van der Waals surface area (Å²) in [6.45, 7) is 2.49. The lowest BCUT2D eigenvalue weighted by molar-refractivity contribution is 0.0696. The van der Waals surface area contributed by atoms with Gasteiger partial charge in [0.15, 0.2) is 0 Å². The average molecular weight is 249 g/mol. The Labute approximate surface area is 107 Å². The second kappa shape index (κ2) is 5.40. The van der Waals surface area contributed by atoms with Crippen LogP contribution in [0, 0.1) is 12.8 Å². The molecule has 0 heterocycles. The summed E-state index contributed by atoms with van der Waals surface area (Å²) >= 11 is 0. The second-order valence-corrected chi connectivity index (χ2v) is 4.83. The smallest absolute Gasteiger partial charge is 0.336 e. The molecule has 2 N–H and O–H groups in total. The van der Waals surface area contributed by atoms with Crippen LogP contribution in [0.5, 0.6) is 0 Å². The molecule has 98 valence electrons. The summed E-state index contributed by atoms with van der Waals surface area (Å²) in [6, 6.07) is 5.60. The van der Waals surface area contributed by atoms with E-state index in [1.54, 1.807) is 19.2 Å². The summed E-state index contributed by atoms with van der Waals surface area (Å²) in [5.41, 5.74) is 2.03. The standard InChI is InChI=1S/C14H19NO3/c1-9-11(14(16)17)4-3-5-12(9)15-13(8-18-2)10-6-7-10/h3-5,10,13,15H,6-8H2,1-2H3,(H,16,17). The number of aromatic carboxylic acids is 1.